The molecule has 1 aliphatic heterocycles. The number of nitrogens with one attached hydrogen (secondary N) is 1. The number of methoxy groups -OCH3 is 1. The van der Waals surface area contributed by atoms with Crippen molar-refractivity contribution in [1.29, 1.82) is 0 Å². The molecule has 2 heterocycles. The Morgan fingerprint density at radius 3 is 2.52 bits per heavy atom. The highest BCUT2D eigenvalue weighted by atomic mass is 16.5. The number of rotatable bonds is 3. The van der Waals surface area contributed by atoms with Crippen molar-refractivity contribution in [1.82, 2.24) is 10.2 Å². The number of anilines is 1. The van der Waals surface area contributed by atoms with Crippen molar-refractivity contribution in [2.45, 2.75) is 25.8 Å². The summed E-state index contributed by atoms with van der Waals surface area (Å²) in [5.74, 6) is 1.91. The van der Waals surface area contributed by atoms with Gasteiger partial charge in [-0.3, -0.25) is 5.10 Å². The summed E-state index contributed by atoms with van der Waals surface area (Å²) in [7, 11) is 1.68. The summed E-state index contributed by atoms with van der Waals surface area (Å²) in [5, 5.41) is 7.68. The van der Waals surface area contributed by atoms with Crippen LogP contribution in [-0.4, -0.2) is 36.4 Å². The van der Waals surface area contributed by atoms with Crippen LogP contribution in [0.1, 0.15) is 18.4 Å². The standard InChI is InChI=1S/C16H22N4O/c1-11-15(12-3-5-14(21-2)6-4-12)18-19-16(11)20-9-7-13(17)8-10-20/h3-6,13H,7-10,17H2,1-2H3,(H,18,19). The Kier molecular flexibility index (Phi) is 3.84. The van der Waals surface area contributed by atoms with Gasteiger partial charge in [-0.05, 0) is 44.0 Å². The third-order valence-electron chi connectivity index (χ3n) is 4.20. The Labute approximate surface area is 125 Å². The van der Waals surface area contributed by atoms with Gasteiger partial charge in [-0.25, -0.2) is 0 Å². The van der Waals surface area contributed by atoms with Crippen LogP contribution in [0.5, 0.6) is 5.75 Å². The van der Waals surface area contributed by atoms with Gasteiger partial charge in [-0.1, -0.05) is 0 Å². The molecule has 112 valence electrons. The fourth-order valence-corrected chi connectivity index (χ4v) is 2.85. The van der Waals surface area contributed by atoms with Gasteiger partial charge in [0.2, 0.25) is 0 Å². The number of benzene rings is 1. The fourth-order valence-electron chi connectivity index (χ4n) is 2.85. The van der Waals surface area contributed by atoms with E-state index in [4.69, 9.17) is 10.5 Å². The predicted molar refractivity (Wildman–Crippen MR) is 84.7 cm³/mol. The number of piperidine rings is 1. The van der Waals surface area contributed by atoms with Crippen molar-refractivity contribution in [2.75, 3.05) is 25.1 Å². The number of aromatic nitrogens is 2. The highest BCUT2D eigenvalue weighted by molar-refractivity contribution is 5.69. The van der Waals surface area contributed by atoms with Crippen LogP contribution in [0, 0.1) is 6.92 Å². The summed E-state index contributed by atoms with van der Waals surface area (Å²) in [6.45, 7) is 4.08. The Morgan fingerprint density at radius 1 is 1.24 bits per heavy atom. The van der Waals surface area contributed by atoms with Gasteiger partial charge in [0.25, 0.3) is 0 Å². The molecule has 5 nitrogen and oxygen atoms in total. The molecule has 0 saturated carbocycles. The average Bonchev–Trinajstić information content (AvgIpc) is 2.90. The van der Waals surface area contributed by atoms with Crippen molar-refractivity contribution >= 4 is 5.82 Å². The molecular formula is C16H22N4O. The number of H-pyrrole nitrogens is 1. The number of hydrogen-bond acceptors (Lipinski definition) is 4. The summed E-state index contributed by atoms with van der Waals surface area (Å²) in [4.78, 5) is 2.32. The van der Waals surface area contributed by atoms with E-state index in [-0.39, 0.29) is 0 Å². The monoisotopic (exact) mass is 286 g/mol. The summed E-state index contributed by atoms with van der Waals surface area (Å²) < 4.78 is 5.20. The Balaban J connectivity index is 1.84. The van der Waals surface area contributed by atoms with Crippen molar-refractivity contribution in [3.05, 3.63) is 29.8 Å². The number of aromatic amines is 1. The first-order valence-electron chi connectivity index (χ1n) is 7.39. The van der Waals surface area contributed by atoms with Gasteiger partial charge in [0.05, 0.1) is 12.8 Å². The number of nitrogens with two attached hydrogens (primary N) is 1. The van der Waals surface area contributed by atoms with Crippen molar-refractivity contribution in [3.8, 4) is 17.0 Å². The van der Waals surface area contributed by atoms with Gasteiger partial charge in [0.1, 0.15) is 5.75 Å². The maximum absolute atomic E-state index is 5.97. The highest BCUT2D eigenvalue weighted by Gasteiger charge is 2.21. The van der Waals surface area contributed by atoms with Crippen LogP contribution in [0.2, 0.25) is 0 Å². The lowest BCUT2D eigenvalue weighted by atomic mass is 10.0. The second kappa shape index (κ2) is 5.77. The number of nitrogens with zero attached hydrogens (tertiary/aromatic N) is 2. The number of hydrogen-bond donors (Lipinski definition) is 2. The largest absolute Gasteiger partial charge is 0.497 e. The van der Waals surface area contributed by atoms with E-state index in [0.29, 0.717) is 6.04 Å². The molecule has 0 amide bonds. The van der Waals surface area contributed by atoms with Crippen LogP contribution < -0.4 is 15.4 Å². The molecule has 3 rings (SSSR count). The molecule has 0 spiro atoms. The quantitative estimate of drug-likeness (QED) is 0.908. The van der Waals surface area contributed by atoms with E-state index in [2.05, 4.69) is 34.2 Å². The molecule has 0 atom stereocenters. The van der Waals surface area contributed by atoms with Gasteiger partial charge in [0, 0.05) is 30.3 Å². The zero-order valence-corrected chi connectivity index (χ0v) is 12.6. The Hall–Kier alpha value is -2.01. The van der Waals surface area contributed by atoms with E-state index in [0.717, 1.165) is 48.8 Å². The summed E-state index contributed by atoms with van der Waals surface area (Å²) in [6.07, 6.45) is 2.06. The molecule has 2 aromatic rings. The maximum Gasteiger partial charge on any atom is 0.153 e. The molecule has 0 radical (unpaired) electrons. The second-order valence-corrected chi connectivity index (χ2v) is 5.60. The third-order valence-corrected chi connectivity index (χ3v) is 4.20. The minimum Gasteiger partial charge on any atom is -0.497 e. The summed E-state index contributed by atoms with van der Waals surface area (Å²) in [6, 6.07) is 8.37. The van der Waals surface area contributed by atoms with Gasteiger partial charge >= 0.3 is 0 Å². The predicted octanol–water partition coefficient (Wildman–Crippen LogP) is 2.32. The van der Waals surface area contributed by atoms with Gasteiger partial charge in [-0.15, -0.1) is 0 Å². The molecule has 1 aromatic heterocycles. The SMILES string of the molecule is COc1ccc(-c2[nH]nc(N3CCC(N)CC3)c2C)cc1. The molecule has 1 aliphatic rings. The third kappa shape index (κ3) is 2.74. The first-order valence-corrected chi connectivity index (χ1v) is 7.39. The molecule has 1 aromatic carbocycles. The molecule has 3 N–H and O–H groups in total. The van der Waals surface area contributed by atoms with Crippen LogP contribution in [0.25, 0.3) is 11.3 Å². The van der Waals surface area contributed by atoms with Crippen LogP contribution in [-0.2, 0) is 0 Å². The van der Waals surface area contributed by atoms with Gasteiger partial charge in [0.15, 0.2) is 5.82 Å². The Morgan fingerprint density at radius 2 is 1.90 bits per heavy atom. The van der Waals surface area contributed by atoms with E-state index in [1.54, 1.807) is 7.11 Å². The van der Waals surface area contributed by atoms with Crippen molar-refractivity contribution < 1.29 is 4.74 Å². The minimum atomic E-state index is 0.335. The van der Waals surface area contributed by atoms with Crippen LogP contribution in [0.3, 0.4) is 0 Å². The lowest BCUT2D eigenvalue weighted by molar-refractivity contribution is 0.415. The first-order chi connectivity index (χ1) is 10.2. The first kappa shape index (κ1) is 13.9. The molecule has 1 fully saturated rings. The average molecular weight is 286 g/mol. The molecular weight excluding hydrogens is 264 g/mol. The van der Waals surface area contributed by atoms with Crippen molar-refractivity contribution in [2.24, 2.45) is 5.73 Å². The van der Waals surface area contributed by atoms with Crippen molar-refractivity contribution in [3.63, 3.8) is 0 Å². The maximum atomic E-state index is 5.97. The lowest BCUT2D eigenvalue weighted by Gasteiger charge is -2.30. The Bertz CT molecular complexity index is 597. The van der Waals surface area contributed by atoms with Crippen LogP contribution in [0.15, 0.2) is 24.3 Å². The minimum absolute atomic E-state index is 0.335. The normalized spacial score (nSPS) is 16.2. The van der Waals surface area contributed by atoms with E-state index < -0.39 is 0 Å². The van der Waals surface area contributed by atoms with E-state index in [9.17, 15) is 0 Å². The molecule has 21 heavy (non-hydrogen) atoms. The van der Waals surface area contributed by atoms with Gasteiger partial charge < -0.3 is 15.4 Å². The topological polar surface area (TPSA) is 67.2 Å². The molecule has 0 bridgehead atoms. The summed E-state index contributed by atoms with van der Waals surface area (Å²) >= 11 is 0. The fraction of sp³-hybridized carbons (Fsp3) is 0.438. The number of ether oxygens (including phenoxy) is 1. The molecule has 0 unspecified atom stereocenters. The highest BCUT2D eigenvalue weighted by Crippen LogP contribution is 2.30. The van der Waals surface area contributed by atoms with E-state index in [1.807, 2.05) is 12.1 Å². The smallest absolute Gasteiger partial charge is 0.153 e. The molecule has 5 heteroatoms. The molecule has 0 aliphatic carbocycles. The molecule has 1 saturated heterocycles. The zero-order valence-electron chi connectivity index (χ0n) is 12.6. The lowest BCUT2D eigenvalue weighted by Crippen LogP contribution is -2.40. The van der Waals surface area contributed by atoms with Gasteiger partial charge in [-0.2, -0.15) is 5.10 Å². The van der Waals surface area contributed by atoms with Crippen LogP contribution >= 0.6 is 0 Å². The second-order valence-electron chi connectivity index (χ2n) is 5.60. The summed E-state index contributed by atoms with van der Waals surface area (Å²) in [5.41, 5.74) is 9.36. The van der Waals surface area contributed by atoms with Crippen LogP contribution in [0.4, 0.5) is 5.82 Å². The zero-order chi connectivity index (χ0) is 14.8. The van der Waals surface area contributed by atoms with E-state index in [1.165, 1.54) is 5.56 Å². The van der Waals surface area contributed by atoms with E-state index >= 15 is 0 Å².